The Bertz CT molecular complexity index is 448. The third-order valence-electron chi connectivity index (χ3n) is 1.84. The summed E-state index contributed by atoms with van der Waals surface area (Å²) in [6, 6.07) is 3.27. The van der Waals surface area contributed by atoms with Crippen LogP contribution in [0, 0.1) is 0 Å². The lowest BCUT2D eigenvalue weighted by atomic mass is 10.2. The number of anilines is 1. The molecule has 15 heavy (non-hydrogen) atoms. The van der Waals surface area contributed by atoms with Crippen molar-refractivity contribution in [3.8, 4) is 0 Å². The summed E-state index contributed by atoms with van der Waals surface area (Å²) in [6.07, 6.45) is 4.51. The number of carbonyl (C=O) groups is 1. The van der Waals surface area contributed by atoms with E-state index in [0.717, 1.165) is 0 Å². The first-order valence-corrected chi connectivity index (χ1v) is 4.39. The molecule has 5 heteroatoms. The molecule has 0 radical (unpaired) electrons. The number of hydrogen-bond acceptors (Lipinski definition) is 5. The fraction of sp³-hybridized carbons (Fsp3) is 0.100. The zero-order chi connectivity index (χ0) is 10.7. The van der Waals surface area contributed by atoms with Gasteiger partial charge < -0.3 is 10.2 Å². The molecule has 0 aliphatic rings. The lowest BCUT2D eigenvalue weighted by Gasteiger charge is -1.97. The molecule has 76 valence electrons. The Kier molecular flexibility index (Phi) is 2.45. The van der Waals surface area contributed by atoms with Crippen molar-refractivity contribution in [2.75, 3.05) is 5.73 Å². The van der Waals surface area contributed by atoms with Gasteiger partial charge >= 0.3 is 0 Å². The van der Waals surface area contributed by atoms with Crippen molar-refractivity contribution in [2.45, 2.75) is 6.42 Å². The number of Topliss-reactive ketones (excluding diaryl/α,β-unsaturated/α-hetero) is 1. The van der Waals surface area contributed by atoms with Gasteiger partial charge in [0.1, 0.15) is 5.82 Å². The number of carbonyl (C=O) groups excluding carboxylic acids is 1. The Morgan fingerprint density at radius 1 is 1.40 bits per heavy atom. The molecule has 2 aromatic rings. The van der Waals surface area contributed by atoms with Gasteiger partial charge in [0, 0.05) is 0 Å². The van der Waals surface area contributed by atoms with Gasteiger partial charge in [-0.1, -0.05) is 0 Å². The molecule has 0 bridgehead atoms. The second-order valence-electron chi connectivity index (χ2n) is 3.01. The molecule has 2 rings (SSSR count). The highest BCUT2D eigenvalue weighted by molar-refractivity contribution is 5.94. The smallest absolute Gasteiger partial charge is 0.205 e. The van der Waals surface area contributed by atoms with Crippen LogP contribution in [0.25, 0.3) is 0 Å². The summed E-state index contributed by atoms with van der Waals surface area (Å²) < 4.78 is 4.96. The highest BCUT2D eigenvalue weighted by Crippen LogP contribution is 2.05. The predicted molar refractivity (Wildman–Crippen MR) is 53.2 cm³/mol. The molecule has 0 aliphatic carbocycles. The van der Waals surface area contributed by atoms with Crippen LogP contribution in [-0.4, -0.2) is 15.8 Å². The van der Waals surface area contributed by atoms with Gasteiger partial charge in [0.15, 0.2) is 5.76 Å². The van der Waals surface area contributed by atoms with E-state index in [9.17, 15) is 4.79 Å². The Balaban J connectivity index is 2.09. The van der Waals surface area contributed by atoms with Gasteiger partial charge in [0.2, 0.25) is 5.78 Å². The van der Waals surface area contributed by atoms with E-state index in [4.69, 9.17) is 10.2 Å². The number of furan rings is 1. The average molecular weight is 203 g/mol. The van der Waals surface area contributed by atoms with Gasteiger partial charge in [-0.2, -0.15) is 0 Å². The first-order valence-electron chi connectivity index (χ1n) is 4.39. The number of ketones is 1. The molecule has 0 atom stereocenters. The SMILES string of the molecule is Nc1cnc(CC(=O)c2ccco2)nc1. The third-order valence-corrected chi connectivity index (χ3v) is 1.84. The van der Waals surface area contributed by atoms with Crippen molar-refractivity contribution in [1.29, 1.82) is 0 Å². The summed E-state index contributed by atoms with van der Waals surface area (Å²) in [5.74, 6) is 0.603. The second kappa shape index (κ2) is 3.91. The topological polar surface area (TPSA) is 82.0 Å². The molecule has 2 N–H and O–H groups in total. The molecule has 0 unspecified atom stereocenters. The maximum Gasteiger partial charge on any atom is 0.205 e. The molecule has 0 saturated carbocycles. The third kappa shape index (κ3) is 2.19. The fourth-order valence-corrected chi connectivity index (χ4v) is 1.12. The summed E-state index contributed by atoms with van der Waals surface area (Å²) in [5.41, 5.74) is 5.90. The monoisotopic (exact) mass is 203 g/mol. The molecule has 0 fully saturated rings. The van der Waals surface area contributed by atoms with E-state index in [1.54, 1.807) is 12.1 Å². The maximum atomic E-state index is 11.6. The highest BCUT2D eigenvalue weighted by atomic mass is 16.3. The largest absolute Gasteiger partial charge is 0.461 e. The summed E-state index contributed by atoms with van der Waals surface area (Å²) in [4.78, 5) is 19.4. The van der Waals surface area contributed by atoms with Crippen LogP contribution in [-0.2, 0) is 6.42 Å². The van der Waals surface area contributed by atoms with E-state index in [0.29, 0.717) is 17.3 Å². The summed E-state index contributed by atoms with van der Waals surface area (Å²) in [6.45, 7) is 0. The summed E-state index contributed by atoms with van der Waals surface area (Å²) >= 11 is 0. The lowest BCUT2D eigenvalue weighted by Crippen LogP contribution is -2.06. The number of nitrogens with two attached hydrogens (primary N) is 1. The number of rotatable bonds is 3. The number of aromatic nitrogens is 2. The Hall–Kier alpha value is -2.17. The van der Waals surface area contributed by atoms with Crippen LogP contribution >= 0.6 is 0 Å². The first-order chi connectivity index (χ1) is 7.25. The van der Waals surface area contributed by atoms with Crippen molar-refractivity contribution in [3.05, 3.63) is 42.4 Å². The minimum Gasteiger partial charge on any atom is -0.461 e. The first kappa shape index (κ1) is 9.39. The molecule has 2 aromatic heterocycles. The predicted octanol–water partition coefficient (Wildman–Crippen LogP) is 1.08. The second-order valence-corrected chi connectivity index (χ2v) is 3.01. The molecule has 0 aromatic carbocycles. The van der Waals surface area contributed by atoms with E-state index in [1.165, 1.54) is 18.7 Å². The van der Waals surface area contributed by atoms with Crippen molar-refractivity contribution in [3.63, 3.8) is 0 Å². The highest BCUT2D eigenvalue weighted by Gasteiger charge is 2.10. The van der Waals surface area contributed by atoms with Crippen molar-refractivity contribution in [2.24, 2.45) is 0 Å². The van der Waals surface area contributed by atoms with E-state index in [2.05, 4.69) is 9.97 Å². The van der Waals surface area contributed by atoms with Crippen LogP contribution in [0.4, 0.5) is 5.69 Å². The lowest BCUT2D eigenvalue weighted by molar-refractivity contribution is 0.0964. The quantitative estimate of drug-likeness (QED) is 0.754. The summed E-state index contributed by atoms with van der Waals surface area (Å²) in [5, 5.41) is 0. The van der Waals surface area contributed by atoms with Crippen LogP contribution in [0.1, 0.15) is 16.4 Å². The minimum absolute atomic E-state index is 0.119. The molecule has 0 amide bonds. The van der Waals surface area contributed by atoms with E-state index >= 15 is 0 Å². The molecule has 0 saturated heterocycles. The fourth-order valence-electron chi connectivity index (χ4n) is 1.12. The molecule has 5 nitrogen and oxygen atoms in total. The van der Waals surface area contributed by atoms with Gasteiger partial charge in [-0.3, -0.25) is 4.79 Å². The van der Waals surface area contributed by atoms with Crippen LogP contribution in [0.5, 0.6) is 0 Å². The Labute approximate surface area is 86.0 Å². The van der Waals surface area contributed by atoms with Crippen molar-refractivity contribution in [1.82, 2.24) is 9.97 Å². The maximum absolute atomic E-state index is 11.6. The normalized spacial score (nSPS) is 10.1. The van der Waals surface area contributed by atoms with Crippen LogP contribution < -0.4 is 5.73 Å². The number of nitrogens with zero attached hydrogens (tertiary/aromatic N) is 2. The molecule has 0 spiro atoms. The molecule has 2 heterocycles. The number of hydrogen-bond donors (Lipinski definition) is 1. The van der Waals surface area contributed by atoms with Crippen LogP contribution in [0.15, 0.2) is 35.2 Å². The molecular formula is C10H9N3O2. The molecule has 0 aliphatic heterocycles. The Morgan fingerprint density at radius 2 is 2.13 bits per heavy atom. The van der Waals surface area contributed by atoms with Gasteiger partial charge in [0.25, 0.3) is 0 Å². The van der Waals surface area contributed by atoms with Gasteiger partial charge in [-0.15, -0.1) is 0 Å². The van der Waals surface area contributed by atoms with Gasteiger partial charge in [-0.05, 0) is 12.1 Å². The van der Waals surface area contributed by atoms with Crippen molar-refractivity contribution >= 4 is 11.5 Å². The Morgan fingerprint density at radius 3 is 2.73 bits per heavy atom. The van der Waals surface area contributed by atoms with Crippen molar-refractivity contribution < 1.29 is 9.21 Å². The molecular weight excluding hydrogens is 194 g/mol. The van der Waals surface area contributed by atoms with Gasteiger partial charge in [0.05, 0.1) is 30.8 Å². The number of nitrogen functional groups attached to an aromatic ring is 1. The van der Waals surface area contributed by atoms with Crippen LogP contribution in [0.2, 0.25) is 0 Å². The van der Waals surface area contributed by atoms with Gasteiger partial charge in [-0.25, -0.2) is 9.97 Å². The standard InChI is InChI=1S/C10H9N3O2/c11-7-5-12-10(13-6-7)4-8(14)9-2-1-3-15-9/h1-3,5-6H,4,11H2. The van der Waals surface area contributed by atoms with E-state index in [-0.39, 0.29) is 12.2 Å². The zero-order valence-corrected chi connectivity index (χ0v) is 7.88. The zero-order valence-electron chi connectivity index (χ0n) is 7.88. The van der Waals surface area contributed by atoms with Crippen LogP contribution in [0.3, 0.4) is 0 Å². The summed E-state index contributed by atoms with van der Waals surface area (Å²) in [7, 11) is 0. The average Bonchev–Trinajstić information content (AvgIpc) is 2.74. The van der Waals surface area contributed by atoms with E-state index in [1.807, 2.05) is 0 Å². The van der Waals surface area contributed by atoms with E-state index < -0.39 is 0 Å². The minimum atomic E-state index is -0.148.